The Morgan fingerprint density at radius 2 is 0.874 bits per heavy atom. The first kappa shape index (κ1) is 107. The minimum absolute atomic E-state index is 0.168. The summed E-state index contributed by atoms with van der Waals surface area (Å²) >= 11 is 0. The van der Waals surface area contributed by atoms with Crippen LogP contribution in [0, 0.1) is 6.92 Å². The highest BCUT2D eigenvalue weighted by Crippen LogP contribution is 2.47. The Morgan fingerprint density at radius 3 is 1.30 bits per heavy atom. The fraction of sp³-hybridized carbons (Fsp3) is 0.587. The summed E-state index contributed by atoms with van der Waals surface area (Å²) < 4.78 is 43.9. The number of rotatable bonds is 31. The minimum Gasteiger partial charge on any atom is -0.463 e. The first-order chi connectivity index (χ1) is 63.5. The number of aliphatic imine (C=N–C) groups is 1. The summed E-state index contributed by atoms with van der Waals surface area (Å²) in [5, 5.41) is 112. The van der Waals surface area contributed by atoms with Gasteiger partial charge in [-0.3, -0.25) is 18.3 Å². The fourth-order valence-corrected chi connectivity index (χ4v) is 21.0. The maximum absolute atomic E-state index is 10.7. The number of aromatic nitrogens is 15. The molecule has 0 radical (unpaired) electrons. The summed E-state index contributed by atoms with van der Waals surface area (Å²) in [6, 6.07) is 5.26. The largest absolute Gasteiger partial charge is 0.463 e. The third-order valence-electron chi connectivity index (χ3n) is 24.4. The summed E-state index contributed by atoms with van der Waals surface area (Å²) in [5.41, 5.74) is 27.3. The molecule has 19 atom stereocenters. The van der Waals surface area contributed by atoms with Gasteiger partial charge in [-0.1, -0.05) is 56.0 Å². The molecule has 5 saturated heterocycles. The number of allylic oxidation sites excluding steroid dienone is 2. The van der Waals surface area contributed by atoms with Crippen LogP contribution in [0.15, 0.2) is 77.7 Å². The Balaban J connectivity index is 0.000000163. The summed E-state index contributed by atoms with van der Waals surface area (Å²) in [5.74, 6) is 3.90. The average molecular weight is 1970 g/mol. The number of hydrogen-bond donors (Lipinski definition) is 15. The Labute approximate surface area is 791 Å². The van der Waals surface area contributed by atoms with Crippen molar-refractivity contribution in [3.8, 4) is 6.01 Å². The number of hydrogen-bond acceptors (Lipinski definition) is 33. The predicted molar refractivity (Wildman–Crippen MR) is 553 cm³/mol. The zero-order valence-electron chi connectivity index (χ0n) is 81.4. The lowest BCUT2D eigenvalue weighted by atomic mass is 10.1. The van der Waals surface area contributed by atoms with Gasteiger partial charge in [-0.25, -0.2) is 44.9 Å². The molecule has 0 amide bonds. The van der Waals surface area contributed by atoms with E-state index in [1.807, 2.05) is 13.8 Å². The van der Waals surface area contributed by atoms with Crippen LogP contribution in [0.1, 0.15) is 135 Å². The smallest absolute Gasteiger partial charge is 0.397 e. The highest BCUT2D eigenvalue weighted by molar-refractivity contribution is 7.73. The van der Waals surface area contributed by atoms with Gasteiger partial charge in [-0.2, -0.15) is 9.56 Å². The third-order valence-corrected chi connectivity index (χ3v) is 31.7. The molecular weight excluding hydrogens is 1820 g/mol. The first-order valence-electron chi connectivity index (χ1n) is 45.9. The van der Waals surface area contributed by atoms with E-state index in [0.717, 1.165) is 61.7 Å². The lowest BCUT2D eigenvalue weighted by molar-refractivity contribution is -0.313. The molecule has 18 N–H and O–H groups in total. The van der Waals surface area contributed by atoms with E-state index in [1.54, 1.807) is 66.0 Å². The van der Waals surface area contributed by atoms with Crippen molar-refractivity contribution in [3.05, 3.63) is 90.2 Å². The Morgan fingerprint density at radius 1 is 0.474 bits per heavy atom. The van der Waals surface area contributed by atoms with Gasteiger partial charge < -0.3 is 107 Å². The maximum atomic E-state index is 10.7. The zero-order chi connectivity index (χ0) is 99.0. The van der Waals surface area contributed by atoms with Crippen molar-refractivity contribution < 1.29 is 84.1 Å². The quantitative estimate of drug-likeness (QED) is 0.0110. The predicted octanol–water partition coefficient (Wildman–Crippen LogP) is 8.52. The van der Waals surface area contributed by atoms with E-state index in [2.05, 4.69) is 215 Å². The van der Waals surface area contributed by atoms with E-state index < -0.39 is 151 Å². The van der Waals surface area contributed by atoms with E-state index in [0.29, 0.717) is 149 Å². The van der Waals surface area contributed by atoms with Crippen LogP contribution < -0.4 is 32.6 Å². The highest BCUT2D eigenvalue weighted by atomic mass is 31.2. The van der Waals surface area contributed by atoms with Crippen LogP contribution in [0.4, 0.5) is 40.2 Å². The molecule has 6 aliphatic rings. The number of aliphatic hydroxyl groups is 10. The second-order valence-electron chi connectivity index (χ2n) is 39.0. The van der Waals surface area contributed by atoms with Crippen LogP contribution >= 0.6 is 34.4 Å². The van der Waals surface area contributed by atoms with Gasteiger partial charge in [-0.15, -0.1) is 65.9 Å². The molecule has 0 aliphatic carbocycles. The van der Waals surface area contributed by atoms with Crippen LogP contribution in [0.25, 0.3) is 44.7 Å². The molecule has 135 heavy (non-hydrogen) atoms. The standard InChI is InChI=1S/C21H33N5O4P.C20H32N5O3P.C18H29N4O3P.C17H27N4O3P.C16H25N4O3P/c1-7-13(2)8-10-22-18-15-19(25-21(24-18)29-3)26(12-23-15)20-17(28)16(27)14(30-20)9-11-31(4,5)6;1-6-13(2)7-9-21-18-15-19(23-11-22-18)25(12-24-15)20-17(27)16(26)14(28-20)8-10-29(3,4)5;1-5-6-13-21-14-11(19)7-9-20-17(14)22(13)18-16(24)15(23)12(25-18)8-10-26(2,3)4;1-5-12-20-13-10(18)6-8-19-16(13)21(12)17-15(23)14(22)11(24-17)7-9-25(2,3)4;1-9-19-12-10(17)5-7-18-15(12)20(9)16-14(22)13(21)11(23-16)6-8-24(2,3)4/h8,12,14,16-17,27-28H,4,7,9-11H2,1-3,5-6H3,(H,22,24,25);7,11-12,14,16-17,20,26-27H,3,6,8-10H2,1-2,4-5H3,(H,21,22,23);7,9,12,15-16,18,23-24H,2,5-6,8,10H2,1,3-4H3,(H2,19,20);6,8,11,14-15,17,22-23H,2,5,7,9H2,1,3-4H3,(H2,18,19);5,7,11,13-14,16,21-22H,2,6,8H2,1,3-4H3,(H2,17,18)/q+1;;;;/b13-8-,26-20?;13-7-;;;/t14-,16-,17-;14-,16-,17-,20-;12-,15-,16-,18-;11-,14-,15-,17-;11-,13-,14-,16-/m11111/s1. The van der Waals surface area contributed by atoms with Gasteiger partial charge >= 0.3 is 11.8 Å². The number of fused-ring (bicyclic) bond motifs is 5. The lowest BCUT2D eigenvalue weighted by Crippen LogP contribution is -2.33. The summed E-state index contributed by atoms with van der Waals surface area (Å²) in [7, 11) is 1.49. The molecule has 9 aromatic rings. The third kappa shape index (κ3) is 26.3. The first-order valence-corrected chi connectivity index (χ1v) is 61.2. The number of nitrogen functional groups attached to an aromatic ring is 3. The highest BCUT2D eigenvalue weighted by Gasteiger charge is 2.51. The van der Waals surface area contributed by atoms with Gasteiger partial charge in [0.2, 0.25) is 6.34 Å². The molecule has 0 spiro atoms. The van der Waals surface area contributed by atoms with Crippen LogP contribution in [0.3, 0.4) is 0 Å². The Bertz CT molecular complexity index is 5990. The van der Waals surface area contributed by atoms with Gasteiger partial charge in [-0.05, 0) is 193 Å². The molecule has 744 valence electrons. The molecule has 6 aliphatic heterocycles. The maximum Gasteiger partial charge on any atom is 0.397 e. The number of methoxy groups -OCH3 is 1. The summed E-state index contributed by atoms with van der Waals surface area (Å²) in [6.45, 7) is 30.7. The van der Waals surface area contributed by atoms with Gasteiger partial charge in [0.25, 0.3) is 11.6 Å². The topological polar surface area (TPSA) is 537 Å². The van der Waals surface area contributed by atoms with Crippen molar-refractivity contribution in [2.24, 2.45) is 4.99 Å². The monoisotopic (exact) mass is 1970 g/mol. The normalized spacial score (nSPS) is 26.5. The number of nitrogens with two attached hydrogens (primary N) is 3. The van der Waals surface area contributed by atoms with E-state index in [-0.39, 0.29) is 11.9 Å². The van der Waals surface area contributed by atoms with E-state index in [1.165, 1.54) is 30.9 Å². The summed E-state index contributed by atoms with van der Waals surface area (Å²) in [4.78, 5) is 52.9. The summed E-state index contributed by atoms with van der Waals surface area (Å²) in [6.07, 6.45) is 31.2. The zero-order valence-corrected chi connectivity index (χ0v) is 85.8. The average Bonchev–Trinajstić information content (AvgIpc) is 1.64. The molecule has 0 aromatic carbocycles. The SMILES string of the molecule is C=P(C)(C)CC[C@H]1OC(=[N+]2C=Nc3c(NC/C=C(/C)CC)nc(OC)nc32)[C@H](O)[C@@H]1O.C=P(C)(C)CC[C@H]1O[C@@H](n2c(C)nc3c(N)ccnc32)[C@H](O)[C@@H]1O.C=P(C)(C)CC[C@H]1O[C@@H](n2c(CC)nc3c(N)ccnc32)[C@H](O)[C@@H]1O.C=P(C)(C)CC[C@H]1O[C@@H](n2c(CCC)nc3c(N)ccnc32)[C@H](O)[C@@H]1O.C=P(C)(C)CC[C@H]1O[C@@H](n2cnc3c(NC/C=C(/C)CC)ncnc32)[C@H](O)[C@@H]1O. The number of aryl methyl sites for hydroxylation is 3. The van der Waals surface area contributed by atoms with Gasteiger partial charge in [0, 0.05) is 44.5 Å². The second-order valence-corrected chi connectivity index (χ2v) is 60.6. The van der Waals surface area contributed by atoms with Crippen molar-refractivity contribution in [3.63, 3.8) is 0 Å². The molecule has 15 heterocycles. The van der Waals surface area contributed by atoms with Crippen molar-refractivity contribution in [1.82, 2.24) is 73.1 Å². The van der Waals surface area contributed by atoms with E-state index in [4.69, 9.17) is 45.6 Å². The molecule has 15 rings (SSSR count). The second kappa shape index (κ2) is 45.4. The fourth-order valence-electron chi connectivity index (χ4n) is 16.3. The number of aliphatic hydroxyl groups excluding tert-OH is 10. The van der Waals surface area contributed by atoms with Gasteiger partial charge in [0.05, 0.1) is 54.9 Å². The molecule has 0 bridgehead atoms. The van der Waals surface area contributed by atoms with Crippen LogP contribution in [-0.4, -0.2) is 382 Å². The Hall–Kier alpha value is -8.15. The molecule has 9 aromatic heterocycles. The minimum atomic E-state index is -1.27. The molecular formula is C92H146N22O16P5+. The van der Waals surface area contributed by atoms with Gasteiger partial charge in [0.1, 0.15) is 101 Å². The van der Waals surface area contributed by atoms with Crippen LogP contribution in [0.5, 0.6) is 6.01 Å². The van der Waals surface area contributed by atoms with E-state index >= 15 is 0 Å². The lowest BCUT2D eigenvalue weighted by Gasteiger charge is -2.20. The molecule has 0 saturated carbocycles. The number of nitrogens with one attached hydrogen (secondary N) is 2. The van der Waals surface area contributed by atoms with Crippen LogP contribution in [0.2, 0.25) is 0 Å². The molecule has 43 heteroatoms. The van der Waals surface area contributed by atoms with Crippen molar-refractivity contribution in [2.45, 2.75) is 229 Å². The number of ether oxygens (including phenoxy) is 6. The van der Waals surface area contributed by atoms with Crippen molar-refractivity contribution in [2.75, 3.05) is 145 Å². The van der Waals surface area contributed by atoms with Crippen LogP contribution in [-0.2, 0) is 36.5 Å². The Kier molecular flexibility index (Phi) is 36.1. The number of nitrogens with zero attached hydrogens (tertiary/aromatic N) is 17. The van der Waals surface area contributed by atoms with E-state index in [9.17, 15) is 51.1 Å². The molecule has 5 fully saturated rings. The van der Waals surface area contributed by atoms with Crippen molar-refractivity contribution in [1.29, 1.82) is 0 Å². The number of imidazole rings is 4. The van der Waals surface area contributed by atoms with Crippen molar-refractivity contribution >= 4 is 163 Å². The van der Waals surface area contributed by atoms with Gasteiger partial charge in [0.15, 0.2) is 70.8 Å². The molecule has 0 unspecified atom stereocenters. The molecule has 38 nitrogen and oxygen atoms in total. The number of pyridine rings is 3. The number of anilines is 5.